The second-order valence-corrected chi connectivity index (χ2v) is 14.1. The van der Waals surface area contributed by atoms with Gasteiger partial charge in [0.15, 0.2) is 6.10 Å². The summed E-state index contributed by atoms with van der Waals surface area (Å²) in [4.78, 5) is 60.2. The van der Waals surface area contributed by atoms with Crippen molar-refractivity contribution in [1.29, 1.82) is 0 Å². The highest BCUT2D eigenvalue weighted by Gasteiger charge is 2.49. The molecule has 3 aromatic carbocycles. The van der Waals surface area contributed by atoms with E-state index in [0.29, 0.717) is 6.54 Å². The van der Waals surface area contributed by atoms with Crippen LogP contribution >= 0.6 is 11.8 Å². The number of pyridine rings is 1. The lowest BCUT2D eigenvalue weighted by Crippen LogP contribution is -2.58. The van der Waals surface area contributed by atoms with Gasteiger partial charge in [0, 0.05) is 30.2 Å². The predicted octanol–water partition coefficient (Wildman–Crippen LogP) is 4.02. The van der Waals surface area contributed by atoms with Crippen molar-refractivity contribution in [2.45, 2.75) is 63.2 Å². The zero-order valence-electron chi connectivity index (χ0n) is 27.8. The quantitative estimate of drug-likeness (QED) is 0.177. The second kappa shape index (κ2) is 15.9. The van der Waals surface area contributed by atoms with Crippen LogP contribution in [0.2, 0.25) is 0 Å². The van der Waals surface area contributed by atoms with Gasteiger partial charge in [-0.25, -0.2) is 0 Å². The zero-order chi connectivity index (χ0) is 35.0. The van der Waals surface area contributed by atoms with Crippen LogP contribution in [0.5, 0.6) is 0 Å². The molecule has 5 rings (SSSR count). The summed E-state index contributed by atoms with van der Waals surface area (Å²) < 4.78 is -0.633. The third kappa shape index (κ3) is 8.73. The molecule has 4 aromatic rings. The van der Waals surface area contributed by atoms with Gasteiger partial charge in [-0.05, 0) is 67.6 Å². The van der Waals surface area contributed by atoms with Gasteiger partial charge in [0.25, 0.3) is 17.7 Å². The molecule has 1 aliphatic rings. The van der Waals surface area contributed by atoms with Gasteiger partial charge in [-0.3, -0.25) is 24.2 Å². The van der Waals surface area contributed by atoms with Crippen LogP contribution in [0, 0.1) is 6.92 Å². The fourth-order valence-corrected chi connectivity index (χ4v) is 7.00. The number of aliphatic hydroxyl groups is 1. The SMILES string of the molecule is Cc1ccccc1CNC(=O)[C@H]1N(C(=O)[C@@H](O)[C@H](Cc2ccccc2)NC(=O)c2ccccc2C(=O)NCc2cccnc2)CSC1(C)C. The fraction of sp³-hybridized carbons (Fsp3) is 0.289. The van der Waals surface area contributed by atoms with Gasteiger partial charge in [0.05, 0.1) is 23.0 Å². The molecule has 3 atom stereocenters. The van der Waals surface area contributed by atoms with E-state index in [4.69, 9.17) is 0 Å². The van der Waals surface area contributed by atoms with Crippen LogP contribution in [-0.4, -0.2) is 67.4 Å². The Balaban J connectivity index is 1.35. The summed E-state index contributed by atoms with van der Waals surface area (Å²) in [7, 11) is 0. The highest BCUT2D eigenvalue weighted by molar-refractivity contribution is 8.00. The Kier molecular flexibility index (Phi) is 11.5. The molecule has 0 unspecified atom stereocenters. The number of thioether (sulfide) groups is 1. The number of carbonyl (C=O) groups is 4. The molecule has 0 aliphatic carbocycles. The molecule has 1 fully saturated rings. The Morgan fingerprint density at radius 1 is 0.857 bits per heavy atom. The van der Waals surface area contributed by atoms with E-state index in [-0.39, 0.29) is 35.9 Å². The van der Waals surface area contributed by atoms with Crippen LogP contribution in [0.15, 0.2) is 103 Å². The highest BCUT2D eigenvalue weighted by Crippen LogP contribution is 2.40. The minimum Gasteiger partial charge on any atom is -0.381 e. The second-order valence-electron chi connectivity index (χ2n) is 12.5. The van der Waals surface area contributed by atoms with Gasteiger partial charge in [0.1, 0.15) is 6.04 Å². The number of nitrogens with one attached hydrogen (secondary N) is 3. The zero-order valence-corrected chi connectivity index (χ0v) is 28.6. The molecule has 4 N–H and O–H groups in total. The van der Waals surface area contributed by atoms with Crippen LogP contribution < -0.4 is 16.0 Å². The number of amides is 4. The average molecular weight is 680 g/mol. The summed E-state index contributed by atoms with van der Waals surface area (Å²) in [6.45, 7) is 6.28. The van der Waals surface area contributed by atoms with Crippen molar-refractivity contribution < 1.29 is 24.3 Å². The van der Waals surface area contributed by atoms with E-state index in [1.807, 2.05) is 81.4 Å². The molecule has 2 heterocycles. The minimum atomic E-state index is -1.68. The van der Waals surface area contributed by atoms with Gasteiger partial charge in [-0.2, -0.15) is 0 Å². The van der Waals surface area contributed by atoms with E-state index in [9.17, 15) is 24.3 Å². The lowest BCUT2D eigenvalue weighted by atomic mass is 9.96. The van der Waals surface area contributed by atoms with Crippen molar-refractivity contribution in [2.75, 3.05) is 5.88 Å². The van der Waals surface area contributed by atoms with Gasteiger partial charge in [-0.1, -0.05) is 72.8 Å². The molecule has 0 saturated carbocycles. The summed E-state index contributed by atoms with van der Waals surface area (Å²) in [6, 6.07) is 25.0. The Morgan fingerprint density at radius 2 is 1.51 bits per heavy atom. The molecule has 1 saturated heterocycles. The predicted molar refractivity (Wildman–Crippen MR) is 189 cm³/mol. The smallest absolute Gasteiger partial charge is 0.254 e. The topological polar surface area (TPSA) is 141 Å². The molecule has 1 aromatic heterocycles. The number of aliphatic hydroxyl groups excluding tert-OH is 1. The first-order valence-corrected chi connectivity index (χ1v) is 17.1. The maximum absolute atomic E-state index is 14.1. The number of hydrogen-bond acceptors (Lipinski definition) is 7. The van der Waals surface area contributed by atoms with E-state index >= 15 is 0 Å². The van der Waals surface area contributed by atoms with Crippen LogP contribution in [-0.2, 0) is 29.1 Å². The first kappa shape index (κ1) is 35.3. The normalized spacial score (nSPS) is 16.3. The first-order valence-electron chi connectivity index (χ1n) is 16.1. The minimum absolute atomic E-state index is 0.0928. The number of nitrogens with zero attached hydrogens (tertiary/aromatic N) is 2. The lowest BCUT2D eigenvalue weighted by Gasteiger charge is -2.33. The van der Waals surface area contributed by atoms with Gasteiger partial charge in [0.2, 0.25) is 5.91 Å². The van der Waals surface area contributed by atoms with Crippen LogP contribution in [0.1, 0.15) is 56.8 Å². The van der Waals surface area contributed by atoms with Crippen molar-refractivity contribution in [2.24, 2.45) is 0 Å². The maximum Gasteiger partial charge on any atom is 0.254 e. The molecule has 49 heavy (non-hydrogen) atoms. The summed E-state index contributed by atoms with van der Waals surface area (Å²) >= 11 is 1.45. The monoisotopic (exact) mass is 679 g/mol. The molecular formula is C38H41N5O5S. The lowest BCUT2D eigenvalue weighted by molar-refractivity contribution is -0.147. The van der Waals surface area contributed by atoms with Crippen LogP contribution in [0.3, 0.4) is 0 Å². The molecule has 0 radical (unpaired) electrons. The van der Waals surface area contributed by atoms with Gasteiger partial charge < -0.3 is 26.0 Å². The summed E-state index contributed by atoms with van der Waals surface area (Å²) in [6.07, 6.45) is 1.73. The Bertz CT molecular complexity index is 1790. The third-order valence-electron chi connectivity index (χ3n) is 8.63. The number of rotatable bonds is 12. The molecule has 1 aliphatic heterocycles. The summed E-state index contributed by atoms with van der Waals surface area (Å²) in [5, 5.41) is 20.3. The number of hydrogen-bond donors (Lipinski definition) is 4. The number of aryl methyl sites for hydroxylation is 1. The van der Waals surface area contributed by atoms with Crippen molar-refractivity contribution >= 4 is 35.4 Å². The number of benzene rings is 3. The van der Waals surface area contributed by atoms with E-state index in [1.165, 1.54) is 22.7 Å². The molecule has 10 nitrogen and oxygen atoms in total. The Labute approximate surface area is 290 Å². The van der Waals surface area contributed by atoms with Crippen molar-refractivity contribution in [3.8, 4) is 0 Å². The van der Waals surface area contributed by atoms with E-state index < -0.39 is 40.7 Å². The van der Waals surface area contributed by atoms with E-state index in [1.54, 1.807) is 36.7 Å². The number of aromatic nitrogens is 1. The Hall–Kier alpha value is -5.00. The maximum atomic E-state index is 14.1. The van der Waals surface area contributed by atoms with Crippen LogP contribution in [0.4, 0.5) is 0 Å². The van der Waals surface area contributed by atoms with Gasteiger partial charge >= 0.3 is 0 Å². The fourth-order valence-electron chi connectivity index (χ4n) is 5.86. The third-order valence-corrected chi connectivity index (χ3v) is 10.0. The molecule has 4 amide bonds. The van der Waals surface area contributed by atoms with Crippen molar-refractivity contribution in [1.82, 2.24) is 25.8 Å². The molecule has 0 bridgehead atoms. The highest BCUT2D eigenvalue weighted by atomic mass is 32.2. The van der Waals surface area contributed by atoms with E-state index in [0.717, 1.165) is 22.3 Å². The number of carbonyl (C=O) groups excluding carboxylic acids is 4. The average Bonchev–Trinajstić information content (AvgIpc) is 3.44. The molecule has 0 spiro atoms. The Morgan fingerprint density at radius 3 is 2.20 bits per heavy atom. The van der Waals surface area contributed by atoms with Gasteiger partial charge in [-0.15, -0.1) is 11.8 Å². The molecule has 254 valence electrons. The largest absolute Gasteiger partial charge is 0.381 e. The van der Waals surface area contributed by atoms with Crippen molar-refractivity contribution in [3.05, 3.63) is 137 Å². The summed E-state index contributed by atoms with van der Waals surface area (Å²) in [5.41, 5.74) is 3.83. The van der Waals surface area contributed by atoms with Crippen LogP contribution in [0.25, 0.3) is 0 Å². The van der Waals surface area contributed by atoms with E-state index in [2.05, 4.69) is 20.9 Å². The molecule has 11 heteroatoms. The molecular weight excluding hydrogens is 639 g/mol. The van der Waals surface area contributed by atoms with Crippen molar-refractivity contribution in [3.63, 3.8) is 0 Å². The summed E-state index contributed by atoms with van der Waals surface area (Å²) in [5.74, 6) is -1.88. The first-order chi connectivity index (χ1) is 23.5. The standard InChI is InChI=1S/C38H41N5O5S/c1-25-12-7-8-16-28(25)23-41-36(47)33-38(2,3)49-24-43(33)37(48)32(44)31(20-26-13-5-4-6-14-26)42-35(46)30-18-10-9-17-29(30)34(45)40-22-27-15-11-19-39-21-27/h4-19,21,31-33,44H,20,22-24H2,1-3H3,(H,40,45)(H,41,47)(H,42,46)/t31-,32-,33+/m0/s1.